The van der Waals surface area contributed by atoms with Crippen LogP contribution >= 0.6 is 0 Å². The lowest BCUT2D eigenvalue weighted by Crippen LogP contribution is -2.10. The molecule has 0 spiro atoms. The van der Waals surface area contributed by atoms with Crippen molar-refractivity contribution in [3.63, 3.8) is 0 Å². The Morgan fingerprint density at radius 2 is 1.18 bits per heavy atom. The number of rotatable bonds is 5. The first-order valence-corrected chi connectivity index (χ1v) is 15.0. The van der Waals surface area contributed by atoms with Crippen LogP contribution < -0.4 is 4.90 Å². The molecule has 2 heterocycles. The number of oxazole rings is 1. The summed E-state index contributed by atoms with van der Waals surface area (Å²) in [4.78, 5) is 7.06. The molecule has 0 bridgehead atoms. The third kappa shape index (κ3) is 4.27. The Morgan fingerprint density at radius 3 is 2.00 bits per heavy atom. The van der Waals surface area contributed by atoms with Crippen LogP contribution in [0.15, 0.2) is 167 Å². The second kappa shape index (κ2) is 10.2. The van der Waals surface area contributed by atoms with Gasteiger partial charge in [-0.1, -0.05) is 97.1 Å². The lowest BCUT2D eigenvalue weighted by Gasteiger charge is -2.25. The Balaban J connectivity index is 1.20. The molecule has 4 nitrogen and oxygen atoms in total. The van der Waals surface area contributed by atoms with E-state index in [2.05, 4.69) is 114 Å². The summed E-state index contributed by atoms with van der Waals surface area (Å²) < 4.78 is 13.0. The first-order valence-electron chi connectivity index (χ1n) is 15.0. The second-order valence-corrected chi connectivity index (χ2v) is 11.2. The van der Waals surface area contributed by atoms with Crippen LogP contribution in [0.5, 0.6) is 0 Å². The summed E-state index contributed by atoms with van der Waals surface area (Å²) in [5, 5.41) is 4.39. The molecule has 2 aromatic heterocycles. The molecule has 0 amide bonds. The van der Waals surface area contributed by atoms with E-state index in [1.165, 1.54) is 21.9 Å². The second-order valence-electron chi connectivity index (χ2n) is 11.2. The average Bonchev–Trinajstić information content (AvgIpc) is 3.72. The van der Waals surface area contributed by atoms with Gasteiger partial charge in [0.2, 0.25) is 5.89 Å². The van der Waals surface area contributed by atoms with Crippen LogP contribution in [0.25, 0.3) is 66.4 Å². The Hall–Kier alpha value is -6.13. The molecule has 0 aliphatic carbocycles. The normalized spacial score (nSPS) is 11.6. The molecule has 212 valence electrons. The van der Waals surface area contributed by atoms with Crippen molar-refractivity contribution in [2.75, 3.05) is 4.90 Å². The Labute approximate surface area is 259 Å². The van der Waals surface area contributed by atoms with Gasteiger partial charge in [-0.15, -0.1) is 0 Å². The molecule has 0 atom stereocenters. The van der Waals surface area contributed by atoms with E-state index in [1.807, 2.05) is 48.5 Å². The molecule has 0 saturated heterocycles. The van der Waals surface area contributed by atoms with Crippen LogP contribution in [0.4, 0.5) is 17.1 Å². The fourth-order valence-electron chi connectivity index (χ4n) is 6.31. The Kier molecular flexibility index (Phi) is 5.78. The van der Waals surface area contributed by atoms with Gasteiger partial charge in [0, 0.05) is 22.3 Å². The van der Waals surface area contributed by atoms with E-state index in [0.29, 0.717) is 5.89 Å². The molecular weight excluding hydrogens is 552 g/mol. The maximum atomic E-state index is 6.64. The molecule has 9 rings (SSSR count). The highest BCUT2D eigenvalue weighted by Crippen LogP contribution is 2.44. The lowest BCUT2D eigenvalue weighted by molar-refractivity contribution is 0.622. The third-order valence-corrected chi connectivity index (χ3v) is 8.48. The maximum absolute atomic E-state index is 6.64. The van der Waals surface area contributed by atoms with E-state index in [9.17, 15) is 0 Å². The summed E-state index contributed by atoms with van der Waals surface area (Å²) in [6.07, 6.45) is 0. The number of para-hydroxylation sites is 2. The summed E-state index contributed by atoms with van der Waals surface area (Å²) in [5.41, 5.74) is 9.42. The van der Waals surface area contributed by atoms with Crippen molar-refractivity contribution in [2.24, 2.45) is 0 Å². The number of furan rings is 1. The molecule has 0 saturated carbocycles. The highest BCUT2D eigenvalue weighted by Gasteiger charge is 2.22. The molecular formula is C41H26N2O2. The largest absolute Gasteiger partial charge is 0.454 e. The molecule has 0 unspecified atom stereocenters. The van der Waals surface area contributed by atoms with Crippen molar-refractivity contribution in [2.45, 2.75) is 0 Å². The smallest absolute Gasteiger partial charge is 0.227 e. The van der Waals surface area contributed by atoms with Gasteiger partial charge in [-0.3, -0.25) is 0 Å². The fraction of sp³-hybridized carbons (Fsp3) is 0. The number of benzene rings is 7. The zero-order chi connectivity index (χ0) is 29.7. The fourth-order valence-corrected chi connectivity index (χ4v) is 6.31. The number of hydrogen-bond acceptors (Lipinski definition) is 4. The monoisotopic (exact) mass is 578 g/mol. The molecule has 0 fully saturated rings. The number of fused-ring (bicyclic) bond motifs is 6. The average molecular weight is 579 g/mol. The lowest BCUT2D eigenvalue weighted by atomic mass is 10.0. The van der Waals surface area contributed by atoms with Crippen LogP contribution in [-0.4, -0.2) is 4.98 Å². The molecule has 0 aliphatic heterocycles. The Bertz CT molecular complexity index is 2480. The van der Waals surface area contributed by atoms with Crippen molar-refractivity contribution in [1.29, 1.82) is 0 Å². The van der Waals surface area contributed by atoms with E-state index in [0.717, 1.165) is 55.7 Å². The van der Waals surface area contributed by atoms with Gasteiger partial charge in [0.15, 0.2) is 11.2 Å². The van der Waals surface area contributed by atoms with Crippen LogP contribution in [0.2, 0.25) is 0 Å². The van der Waals surface area contributed by atoms with Crippen LogP contribution in [0, 0.1) is 0 Å². The minimum atomic E-state index is 0.598. The van der Waals surface area contributed by atoms with Crippen molar-refractivity contribution in [1.82, 2.24) is 4.98 Å². The molecule has 7 aromatic carbocycles. The van der Waals surface area contributed by atoms with E-state index < -0.39 is 0 Å². The standard InChI is InChI=1S/C41H26N2O2/c1-3-11-29(12-4-1)41-42-35-24-25-37-38(40(35)45-41)34-16-9-17-36(39(34)44-37)43(32-14-5-2-6-15-32)33-22-20-28(21-23-33)31-19-18-27-10-7-8-13-30(27)26-31/h1-26H. The molecule has 9 aromatic rings. The summed E-state index contributed by atoms with van der Waals surface area (Å²) >= 11 is 0. The topological polar surface area (TPSA) is 42.4 Å². The predicted octanol–water partition coefficient (Wildman–Crippen LogP) is 11.7. The zero-order valence-electron chi connectivity index (χ0n) is 24.2. The van der Waals surface area contributed by atoms with Crippen LogP contribution in [-0.2, 0) is 0 Å². The van der Waals surface area contributed by atoms with Crippen LogP contribution in [0.1, 0.15) is 0 Å². The molecule has 0 N–H and O–H groups in total. The summed E-state index contributed by atoms with van der Waals surface area (Å²) in [7, 11) is 0. The molecule has 0 radical (unpaired) electrons. The quantitative estimate of drug-likeness (QED) is 0.204. The number of aromatic nitrogens is 1. The van der Waals surface area contributed by atoms with Gasteiger partial charge >= 0.3 is 0 Å². The SMILES string of the molecule is c1ccc(-c2nc3ccc4oc5c(N(c6ccccc6)c6ccc(-c7ccc8ccccc8c7)cc6)cccc5c4c3o2)cc1. The van der Waals surface area contributed by atoms with Crippen molar-refractivity contribution in [3.05, 3.63) is 158 Å². The molecule has 4 heteroatoms. The number of anilines is 3. The van der Waals surface area contributed by atoms with Gasteiger partial charge in [-0.2, -0.15) is 0 Å². The third-order valence-electron chi connectivity index (χ3n) is 8.48. The van der Waals surface area contributed by atoms with Gasteiger partial charge < -0.3 is 13.7 Å². The van der Waals surface area contributed by atoms with Gasteiger partial charge in [0.05, 0.1) is 11.1 Å². The van der Waals surface area contributed by atoms with Crippen molar-refractivity contribution < 1.29 is 8.83 Å². The van der Waals surface area contributed by atoms with Gasteiger partial charge in [0.1, 0.15) is 11.1 Å². The summed E-state index contributed by atoms with van der Waals surface area (Å²) in [6.45, 7) is 0. The van der Waals surface area contributed by atoms with E-state index in [1.54, 1.807) is 0 Å². The minimum Gasteiger partial charge on any atom is -0.454 e. The van der Waals surface area contributed by atoms with E-state index >= 15 is 0 Å². The highest BCUT2D eigenvalue weighted by atomic mass is 16.4. The first-order chi connectivity index (χ1) is 22.3. The van der Waals surface area contributed by atoms with E-state index in [-0.39, 0.29) is 0 Å². The van der Waals surface area contributed by atoms with Gasteiger partial charge in [-0.05, 0) is 82.6 Å². The zero-order valence-corrected chi connectivity index (χ0v) is 24.2. The van der Waals surface area contributed by atoms with Gasteiger partial charge in [0.25, 0.3) is 0 Å². The first kappa shape index (κ1) is 25.4. The summed E-state index contributed by atoms with van der Waals surface area (Å²) in [6, 6.07) is 54.5. The van der Waals surface area contributed by atoms with Crippen LogP contribution in [0.3, 0.4) is 0 Å². The summed E-state index contributed by atoms with van der Waals surface area (Å²) in [5.74, 6) is 0.598. The predicted molar refractivity (Wildman–Crippen MR) is 184 cm³/mol. The Morgan fingerprint density at radius 1 is 0.467 bits per heavy atom. The van der Waals surface area contributed by atoms with Crippen molar-refractivity contribution in [3.8, 4) is 22.6 Å². The maximum Gasteiger partial charge on any atom is 0.227 e. The van der Waals surface area contributed by atoms with E-state index in [4.69, 9.17) is 13.8 Å². The van der Waals surface area contributed by atoms with Gasteiger partial charge in [-0.25, -0.2) is 4.98 Å². The highest BCUT2D eigenvalue weighted by molar-refractivity contribution is 6.19. The van der Waals surface area contributed by atoms with Crippen molar-refractivity contribution >= 4 is 60.9 Å². The number of hydrogen-bond donors (Lipinski definition) is 0. The molecule has 45 heavy (non-hydrogen) atoms. The molecule has 0 aliphatic rings. The number of nitrogens with zero attached hydrogens (tertiary/aromatic N) is 2. The minimum absolute atomic E-state index is 0.598.